The van der Waals surface area contributed by atoms with Crippen LogP contribution in [0.15, 0.2) is 39.4 Å². The van der Waals surface area contributed by atoms with E-state index in [1.54, 1.807) is 12.3 Å². The number of hydrogen-bond acceptors (Lipinski definition) is 5. The Morgan fingerprint density at radius 1 is 1.45 bits per heavy atom. The van der Waals surface area contributed by atoms with Crippen LogP contribution in [0.5, 0.6) is 0 Å². The summed E-state index contributed by atoms with van der Waals surface area (Å²) in [6.45, 7) is 1.80. The minimum absolute atomic E-state index is 0.163. The van der Waals surface area contributed by atoms with Crippen molar-refractivity contribution in [1.29, 1.82) is 0 Å². The molecule has 0 unspecified atom stereocenters. The van der Waals surface area contributed by atoms with Crippen LogP contribution in [0.1, 0.15) is 21.0 Å². The fraction of sp³-hybridized carbons (Fsp3) is 0.154. The number of hydrogen-bond donors (Lipinski definition) is 2. The van der Waals surface area contributed by atoms with Crippen molar-refractivity contribution < 1.29 is 14.0 Å². The number of carbonyl (C=O) groups excluding carboxylic acids is 2. The Morgan fingerprint density at radius 2 is 2.30 bits per heavy atom. The van der Waals surface area contributed by atoms with Crippen LogP contribution >= 0.6 is 11.3 Å². The molecule has 2 aromatic heterocycles. The summed E-state index contributed by atoms with van der Waals surface area (Å²) in [5.41, 5.74) is 3.44. The van der Waals surface area contributed by atoms with Gasteiger partial charge in [-0.05, 0) is 36.1 Å². The zero-order valence-electron chi connectivity index (χ0n) is 10.8. The molecule has 0 spiro atoms. The molecule has 2 N–H and O–H groups in total. The summed E-state index contributed by atoms with van der Waals surface area (Å²) in [7, 11) is 0. The number of rotatable bonds is 5. The van der Waals surface area contributed by atoms with Crippen molar-refractivity contribution in [2.24, 2.45) is 5.10 Å². The minimum Gasteiger partial charge on any atom is -0.459 e. The number of aryl methyl sites for hydroxylation is 1. The quantitative estimate of drug-likeness (QED) is 0.647. The highest BCUT2D eigenvalue weighted by molar-refractivity contribution is 7.11. The molecule has 104 valence electrons. The Labute approximate surface area is 119 Å². The maximum Gasteiger partial charge on any atom is 0.287 e. The lowest BCUT2D eigenvalue weighted by atomic mass is 10.3. The molecule has 0 saturated carbocycles. The average Bonchev–Trinajstić information content (AvgIpc) is 3.08. The third-order valence-corrected chi connectivity index (χ3v) is 3.38. The summed E-state index contributed by atoms with van der Waals surface area (Å²) >= 11 is 1.53. The first-order chi connectivity index (χ1) is 9.66. The highest BCUT2D eigenvalue weighted by atomic mass is 32.1. The summed E-state index contributed by atoms with van der Waals surface area (Å²) in [6.07, 6.45) is 2.97. The van der Waals surface area contributed by atoms with Gasteiger partial charge in [-0.15, -0.1) is 11.3 Å². The van der Waals surface area contributed by atoms with E-state index in [-0.39, 0.29) is 12.3 Å². The van der Waals surface area contributed by atoms with Crippen LogP contribution in [-0.4, -0.2) is 24.6 Å². The lowest BCUT2D eigenvalue weighted by Crippen LogP contribution is -2.34. The Morgan fingerprint density at radius 3 is 2.95 bits per heavy atom. The second kappa shape index (κ2) is 6.67. The molecule has 2 aromatic rings. The van der Waals surface area contributed by atoms with Crippen molar-refractivity contribution in [1.82, 2.24) is 10.7 Å². The van der Waals surface area contributed by atoms with Gasteiger partial charge in [0.15, 0.2) is 5.76 Å². The molecule has 2 rings (SSSR count). The van der Waals surface area contributed by atoms with E-state index in [0.29, 0.717) is 0 Å². The van der Waals surface area contributed by atoms with E-state index in [2.05, 4.69) is 15.8 Å². The molecule has 0 aliphatic rings. The SMILES string of the molecule is Cc1ccsc1/C=N/NC(=O)CNC(=O)c1ccco1. The first-order valence-electron chi connectivity index (χ1n) is 5.84. The number of amides is 2. The van der Waals surface area contributed by atoms with Crippen molar-refractivity contribution >= 4 is 29.4 Å². The second-order valence-corrected chi connectivity index (χ2v) is 4.87. The molecular weight excluding hydrogens is 278 g/mol. The molecular formula is C13H13N3O3S. The van der Waals surface area contributed by atoms with Gasteiger partial charge in [0.05, 0.1) is 19.0 Å². The van der Waals surface area contributed by atoms with Crippen LogP contribution in [0.25, 0.3) is 0 Å². The van der Waals surface area contributed by atoms with Gasteiger partial charge in [0.25, 0.3) is 11.8 Å². The van der Waals surface area contributed by atoms with Gasteiger partial charge in [-0.1, -0.05) is 0 Å². The summed E-state index contributed by atoms with van der Waals surface area (Å²) in [5.74, 6) is -0.686. The third-order valence-electron chi connectivity index (χ3n) is 2.43. The summed E-state index contributed by atoms with van der Waals surface area (Å²) in [5, 5.41) is 8.20. The molecule has 2 amide bonds. The van der Waals surface area contributed by atoms with Crippen LogP contribution in [0.3, 0.4) is 0 Å². The summed E-state index contributed by atoms with van der Waals surface area (Å²) in [6, 6.07) is 5.09. The highest BCUT2D eigenvalue weighted by Crippen LogP contribution is 2.12. The van der Waals surface area contributed by atoms with Gasteiger partial charge in [-0.2, -0.15) is 5.10 Å². The van der Waals surface area contributed by atoms with E-state index in [0.717, 1.165) is 10.4 Å². The maximum atomic E-state index is 11.5. The van der Waals surface area contributed by atoms with E-state index < -0.39 is 11.8 Å². The summed E-state index contributed by atoms with van der Waals surface area (Å²) in [4.78, 5) is 23.9. The molecule has 0 atom stereocenters. The zero-order valence-corrected chi connectivity index (χ0v) is 11.6. The van der Waals surface area contributed by atoms with Gasteiger partial charge >= 0.3 is 0 Å². The second-order valence-electron chi connectivity index (χ2n) is 3.92. The molecule has 0 radical (unpaired) electrons. The van der Waals surface area contributed by atoms with Crippen LogP contribution < -0.4 is 10.7 Å². The van der Waals surface area contributed by atoms with Gasteiger partial charge in [-0.25, -0.2) is 5.43 Å². The van der Waals surface area contributed by atoms with Crippen LogP contribution in [0, 0.1) is 6.92 Å². The number of furan rings is 1. The largest absolute Gasteiger partial charge is 0.459 e. The third kappa shape index (κ3) is 3.79. The van der Waals surface area contributed by atoms with Crippen LogP contribution in [-0.2, 0) is 4.79 Å². The van der Waals surface area contributed by atoms with E-state index in [9.17, 15) is 9.59 Å². The van der Waals surface area contributed by atoms with Gasteiger partial charge in [0.1, 0.15) is 0 Å². The predicted molar refractivity (Wildman–Crippen MR) is 75.8 cm³/mol. The molecule has 2 heterocycles. The first kappa shape index (κ1) is 14.0. The normalized spacial score (nSPS) is 10.7. The Bertz CT molecular complexity index is 617. The molecule has 0 fully saturated rings. The van der Waals surface area contributed by atoms with Crippen molar-refractivity contribution in [2.75, 3.05) is 6.54 Å². The monoisotopic (exact) mass is 291 g/mol. The van der Waals surface area contributed by atoms with E-state index in [4.69, 9.17) is 4.42 Å². The van der Waals surface area contributed by atoms with Gasteiger partial charge in [0.2, 0.25) is 0 Å². The van der Waals surface area contributed by atoms with Gasteiger partial charge in [0, 0.05) is 4.88 Å². The van der Waals surface area contributed by atoms with Crippen molar-refractivity contribution in [3.63, 3.8) is 0 Å². The Hall–Kier alpha value is -2.41. The fourth-order valence-electron chi connectivity index (χ4n) is 1.37. The lowest BCUT2D eigenvalue weighted by Gasteiger charge is -2.01. The van der Waals surface area contributed by atoms with Crippen LogP contribution in [0.4, 0.5) is 0 Å². The molecule has 0 aromatic carbocycles. The number of nitrogens with one attached hydrogen (secondary N) is 2. The van der Waals surface area contributed by atoms with Crippen LogP contribution in [0.2, 0.25) is 0 Å². The summed E-state index contributed by atoms with van der Waals surface area (Å²) < 4.78 is 4.90. The molecule has 7 heteroatoms. The van der Waals surface area contributed by atoms with E-state index in [1.807, 2.05) is 18.4 Å². The smallest absolute Gasteiger partial charge is 0.287 e. The number of thiophene rings is 1. The maximum absolute atomic E-state index is 11.5. The highest BCUT2D eigenvalue weighted by Gasteiger charge is 2.09. The Balaban J connectivity index is 1.75. The molecule has 0 aliphatic carbocycles. The molecule has 0 aliphatic heterocycles. The molecule has 6 nitrogen and oxygen atoms in total. The van der Waals surface area contributed by atoms with Crippen molar-refractivity contribution in [3.05, 3.63) is 46.0 Å². The lowest BCUT2D eigenvalue weighted by molar-refractivity contribution is -0.120. The molecule has 20 heavy (non-hydrogen) atoms. The number of nitrogens with zero attached hydrogens (tertiary/aromatic N) is 1. The Kier molecular flexibility index (Phi) is 4.67. The molecule has 0 bridgehead atoms. The van der Waals surface area contributed by atoms with E-state index >= 15 is 0 Å². The van der Waals surface area contributed by atoms with E-state index in [1.165, 1.54) is 23.7 Å². The minimum atomic E-state index is -0.441. The zero-order chi connectivity index (χ0) is 14.4. The predicted octanol–water partition coefficient (Wildman–Crippen LogP) is 1.53. The number of hydrazone groups is 1. The average molecular weight is 291 g/mol. The van der Waals surface area contributed by atoms with Gasteiger partial charge in [-0.3, -0.25) is 9.59 Å². The van der Waals surface area contributed by atoms with Crippen molar-refractivity contribution in [3.8, 4) is 0 Å². The molecule has 0 saturated heterocycles. The topological polar surface area (TPSA) is 83.7 Å². The fourth-order valence-corrected chi connectivity index (χ4v) is 2.16. The number of carbonyl (C=O) groups is 2. The first-order valence-corrected chi connectivity index (χ1v) is 6.72. The van der Waals surface area contributed by atoms with Gasteiger partial charge < -0.3 is 9.73 Å². The van der Waals surface area contributed by atoms with Crippen molar-refractivity contribution in [2.45, 2.75) is 6.92 Å². The standard InChI is InChI=1S/C13H13N3O3S/c1-9-4-6-20-11(9)7-15-16-12(17)8-14-13(18)10-3-2-5-19-10/h2-7H,8H2,1H3,(H,14,18)(H,16,17)/b15-7+.